The van der Waals surface area contributed by atoms with Gasteiger partial charge in [0.25, 0.3) is 0 Å². The highest BCUT2D eigenvalue weighted by atomic mass is 15.0. The zero-order valence-electron chi connectivity index (χ0n) is 8.89. The van der Waals surface area contributed by atoms with Crippen molar-refractivity contribution < 1.29 is 0 Å². The Hall–Kier alpha value is -1.96. The first-order valence-electron chi connectivity index (χ1n) is 4.76. The fourth-order valence-electron chi connectivity index (χ4n) is 1.19. The molecule has 1 heterocycles. The number of amidine groups is 1. The second-order valence-electron chi connectivity index (χ2n) is 3.75. The molecule has 1 aromatic heterocycles. The summed E-state index contributed by atoms with van der Waals surface area (Å²) in [5.74, 6) is 0.989. The van der Waals surface area contributed by atoms with Crippen molar-refractivity contribution in [3.63, 3.8) is 0 Å². The van der Waals surface area contributed by atoms with Gasteiger partial charge >= 0.3 is 0 Å². The molecule has 0 aliphatic carbocycles. The van der Waals surface area contributed by atoms with E-state index in [1.807, 2.05) is 19.9 Å². The summed E-state index contributed by atoms with van der Waals surface area (Å²) in [4.78, 5) is 2.73. The fourth-order valence-corrected chi connectivity index (χ4v) is 1.19. The first-order chi connectivity index (χ1) is 7.06. The molecule has 0 radical (unpaired) electrons. The number of aromatic nitrogens is 1. The summed E-state index contributed by atoms with van der Waals surface area (Å²) < 4.78 is 0. The molecule has 0 unspecified atom stereocenters. The lowest BCUT2D eigenvalue weighted by molar-refractivity contribution is 0.624. The zero-order chi connectivity index (χ0) is 11.4. The zero-order valence-corrected chi connectivity index (χ0v) is 8.89. The first kappa shape index (κ1) is 11.1. The maximum atomic E-state index is 8.81. The summed E-state index contributed by atoms with van der Waals surface area (Å²) in [6, 6.07) is 1.99. The Bertz CT molecular complexity index is 396. The molecule has 80 valence electrons. The predicted molar refractivity (Wildman–Crippen MR) is 59.6 cm³/mol. The van der Waals surface area contributed by atoms with Crippen molar-refractivity contribution in [1.29, 1.82) is 10.7 Å². The number of nitrogens with zero attached hydrogens (tertiary/aromatic N) is 1. The third-order valence-corrected chi connectivity index (χ3v) is 1.97. The Labute approximate surface area is 88.8 Å². The molecular formula is C10H15N5. The summed E-state index contributed by atoms with van der Waals surface area (Å²) in [7, 11) is 0. The van der Waals surface area contributed by atoms with E-state index in [1.54, 1.807) is 0 Å². The van der Waals surface area contributed by atoms with Gasteiger partial charge in [-0.15, -0.1) is 0 Å². The van der Waals surface area contributed by atoms with Gasteiger partial charge < -0.3 is 16.0 Å². The van der Waals surface area contributed by atoms with Crippen LogP contribution in [0.1, 0.15) is 25.0 Å². The van der Waals surface area contributed by atoms with Crippen molar-refractivity contribution in [3.05, 3.63) is 17.3 Å². The van der Waals surface area contributed by atoms with Gasteiger partial charge in [-0.1, -0.05) is 13.8 Å². The van der Waals surface area contributed by atoms with Gasteiger partial charge in [0.1, 0.15) is 17.7 Å². The van der Waals surface area contributed by atoms with E-state index in [-0.39, 0.29) is 5.84 Å². The Morgan fingerprint density at radius 3 is 2.93 bits per heavy atom. The molecule has 0 saturated heterocycles. The van der Waals surface area contributed by atoms with Gasteiger partial charge in [0.2, 0.25) is 0 Å². The molecular weight excluding hydrogens is 190 g/mol. The topological polar surface area (TPSA) is 101 Å². The van der Waals surface area contributed by atoms with Gasteiger partial charge in [0, 0.05) is 12.7 Å². The van der Waals surface area contributed by atoms with Gasteiger partial charge in [0.05, 0.1) is 11.1 Å². The maximum Gasteiger partial charge on any atom is 0.130 e. The van der Waals surface area contributed by atoms with Gasteiger partial charge in [0.15, 0.2) is 0 Å². The van der Waals surface area contributed by atoms with Crippen LogP contribution in [-0.2, 0) is 0 Å². The van der Waals surface area contributed by atoms with E-state index in [4.69, 9.17) is 16.4 Å². The van der Waals surface area contributed by atoms with Crippen LogP contribution >= 0.6 is 0 Å². The van der Waals surface area contributed by atoms with Crippen molar-refractivity contribution in [3.8, 4) is 6.07 Å². The van der Waals surface area contributed by atoms with Crippen LogP contribution in [-0.4, -0.2) is 17.4 Å². The van der Waals surface area contributed by atoms with Gasteiger partial charge in [-0.25, -0.2) is 0 Å². The normalized spacial score (nSPS) is 10.0. The number of rotatable bonds is 3. The summed E-state index contributed by atoms with van der Waals surface area (Å²) in [6.07, 6.45) is 1.51. The van der Waals surface area contributed by atoms with Crippen LogP contribution in [0.5, 0.6) is 0 Å². The van der Waals surface area contributed by atoms with Crippen LogP contribution in [0, 0.1) is 22.7 Å². The molecule has 0 fully saturated rings. The molecule has 5 N–H and O–H groups in total. The monoisotopic (exact) mass is 205 g/mol. The molecule has 0 aliphatic rings. The molecule has 5 nitrogen and oxygen atoms in total. The van der Waals surface area contributed by atoms with Crippen molar-refractivity contribution >= 4 is 11.7 Å². The second-order valence-corrected chi connectivity index (χ2v) is 3.75. The minimum Gasteiger partial charge on any atom is -0.385 e. The number of nitrogen functional groups attached to an aromatic ring is 1. The maximum absolute atomic E-state index is 8.81. The average Bonchev–Trinajstić information content (AvgIpc) is 2.56. The van der Waals surface area contributed by atoms with Crippen LogP contribution in [0.4, 0.5) is 5.82 Å². The summed E-state index contributed by atoms with van der Waals surface area (Å²) in [6.45, 7) is 4.78. The summed E-state index contributed by atoms with van der Waals surface area (Å²) in [5, 5.41) is 19.5. The van der Waals surface area contributed by atoms with E-state index in [2.05, 4.69) is 10.3 Å². The molecule has 0 amide bonds. The van der Waals surface area contributed by atoms with E-state index >= 15 is 0 Å². The number of hydrogen-bond acceptors (Lipinski definition) is 3. The predicted octanol–water partition coefficient (Wildman–Crippen LogP) is 1.04. The number of aromatic amines is 1. The van der Waals surface area contributed by atoms with Crippen LogP contribution in [0.3, 0.4) is 0 Å². The van der Waals surface area contributed by atoms with Crippen LogP contribution in [0.2, 0.25) is 0 Å². The minimum absolute atomic E-state index is 0.194. The molecule has 0 aromatic carbocycles. The van der Waals surface area contributed by atoms with Gasteiger partial charge in [-0.05, 0) is 5.92 Å². The van der Waals surface area contributed by atoms with Crippen molar-refractivity contribution in [1.82, 2.24) is 10.3 Å². The molecule has 0 bridgehead atoms. The number of nitrogens with one attached hydrogen (secondary N) is 3. The standard InChI is InChI=1S/C10H15N5/c1-6(2)4-14-9(12)8-7(3-11)5-15-10(8)13/h5-6,15H,4,13H2,1-2H3,(H2,12,14). The largest absolute Gasteiger partial charge is 0.385 e. The second kappa shape index (κ2) is 4.51. The van der Waals surface area contributed by atoms with Crippen LogP contribution in [0.25, 0.3) is 0 Å². The van der Waals surface area contributed by atoms with Gasteiger partial charge in [-0.3, -0.25) is 5.41 Å². The third kappa shape index (κ3) is 2.50. The third-order valence-electron chi connectivity index (χ3n) is 1.97. The highest BCUT2D eigenvalue weighted by Crippen LogP contribution is 2.14. The van der Waals surface area contributed by atoms with Crippen molar-refractivity contribution in [2.75, 3.05) is 12.3 Å². The van der Waals surface area contributed by atoms with Gasteiger partial charge in [-0.2, -0.15) is 5.26 Å². The number of hydrogen-bond donors (Lipinski definition) is 4. The number of nitriles is 1. The molecule has 1 rings (SSSR count). The molecule has 0 saturated carbocycles. The number of H-pyrrole nitrogens is 1. The lowest BCUT2D eigenvalue weighted by Crippen LogP contribution is -2.28. The molecule has 15 heavy (non-hydrogen) atoms. The van der Waals surface area contributed by atoms with Crippen LogP contribution < -0.4 is 11.1 Å². The number of anilines is 1. The average molecular weight is 205 g/mol. The summed E-state index contributed by atoms with van der Waals surface area (Å²) >= 11 is 0. The van der Waals surface area contributed by atoms with Crippen molar-refractivity contribution in [2.24, 2.45) is 5.92 Å². The van der Waals surface area contributed by atoms with Crippen LogP contribution in [0.15, 0.2) is 6.20 Å². The Kier molecular flexibility index (Phi) is 3.34. The molecule has 5 heteroatoms. The molecule has 0 atom stereocenters. The highest BCUT2D eigenvalue weighted by Gasteiger charge is 2.13. The van der Waals surface area contributed by atoms with Crippen molar-refractivity contribution in [2.45, 2.75) is 13.8 Å². The van der Waals surface area contributed by atoms with E-state index in [9.17, 15) is 0 Å². The SMILES string of the molecule is CC(C)CNC(=N)c1c(C#N)c[nH]c1N. The van der Waals surface area contributed by atoms with E-state index < -0.39 is 0 Å². The van der Waals surface area contributed by atoms with E-state index in [0.29, 0.717) is 29.4 Å². The Morgan fingerprint density at radius 2 is 2.40 bits per heavy atom. The summed E-state index contributed by atoms with van der Waals surface area (Å²) in [5.41, 5.74) is 6.49. The minimum atomic E-state index is 0.194. The lowest BCUT2D eigenvalue weighted by atomic mass is 10.1. The fraction of sp³-hybridized carbons (Fsp3) is 0.400. The molecule has 0 spiro atoms. The highest BCUT2D eigenvalue weighted by molar-refractivity contribution is 6.02. The molecule has 0 aliphatic heterocycles. The smallest absolute Gasteiger partial charge is 0.130 e. The first-order valence-corrected chi connectivity index (χ1v) is 4.76. The Balaban J connectivity index is 2.82. The molecule has 1 aromatic rings. The number of nitrogens with two attached hydrogens (primary N) is 1. The van der Waals surface area contributed by atoms with E-state index in [1.165, 1.54) is 6.20 Å². The Morgan fingerprint density at radius 1 is 1.73 bits per heavy atom. The quantitative estimate of drug-likeness (QED) is 0.438. The van der Waals surface area contributed by atoms with E-state index in [0.717, 1.165) is 0 Å². The lowest BCUT2D eigenvalue weighted by Gasteiger charge is -2.09.